The van der Waals surface area contributed by atoms with Crippen molar-refractivity contribution in [3.05, 3.63) is 38.4 Å². The maximum Gasteiger partial charge on any atom is 0.283 e. The molecule has 0 bridgehead atoms. The summed E-state index contributed by atoms with van der Waals surface area (Å²) in [5.74, 6) is 1.32. The topological polar surface area (TPSA) is 93.2 Å². The predicted molar refractivity (Wildman–Crippen MR) is 76.6 cm³/mol. The Bertz CT molecular complexity index is 646. The Hall–Kier alpha value is -1.67. The monoisotopic (exact) mass is 342 g/mol. The van der Waals surface area contributed by atoms with Crippen LogP contribution in [0.25, 0.3) is 0 Å². The molecule has 0 aliphatic rings. The Balaban J connectivity index is 2.14. The fourth-order valence-electron chi connectivity index (χ4n) is 1.63. The minimum atomic E-state index is -0.302. The minimum Gasteiger partial charge on any atom is -0.444 e. The summed E-state index contributed by atoms with van der Waals surface area (Å²) in [5, 5.41) is 15.8. The Kier molecular flexibility index (Phi) is 4.56. The molecule has 2 rings (SSSR count). The predicted octanol–water partition coefficient (Wildman–Crippen LogP) is 1.22. The van der Waals surface area contributed by atoms with Crippen LogP contribution in [0.1, 0.15) is 17.3 Å². The van der Waals surface area contributed by atoms with E-state index in [1.807, 2.05) is 13.8 Å². The largest absolute Gasteiger partial charge is 0.444 e. The second kappa shape index (κ2) is 6.19. The number of nitrogens with one attached hydrogen (secondary N) is 1. The SMILES string of the molecule is Cc1nc(CNc2cnn(CCO)c(=O)c2Br)oc1C. The first-order chi connectivity index (χ1) is 9.52. The number of oxazole rings is 1. The molecule has 2 aromatic heterocycles. The molecule has 0 amide bonds. The number of hydrogen-bond donors (Lipinski definition) is 2. The van der Waals surface area contributed by atoms with Crippen LogP contribution in [0.4, 0.5) is 5.69 Å². The molecule has 0 spiro atoms. The molecule has 0 saturated heterocycles. The lowest BCUT2D eigenvalue weighted by molar-refractivity contribution is 0.266. The zero-order valence-electron chi connectivity index (χ0n) is 11.2. The minimum absolute atomic E-state index is 0.138. The number of aromatic nitrogens is 3. The second-order valence-corrected chi connectivity index (χ2v) is 5.02. The summed E-state index contributed by atoms with van der Waals surface area (Å²) < 4.78 is 6.99. The van der Waals surface area contributed by atoms with Gasteiger partial charge in [0.25, 0.3) is 5.56 Å². The van der Waals surface area contributed by atoms with Crippen LogP contribution < -0.4 is 10.9 Å². The lowest BCUT2D eigenvalue weighted by Crippen LogP contribution is -2.25. The maximum atomic E-state index is 11.9. The van der Waals surface area contributed by atoms with Crippen LogP contribution in [0.2, 0.25) is 0 Å². The van der Waals surface area contributed by atoms with Crippen molar-refractivity contribution in [1.82, 2.24) is 14.8 Å². The highest BCUT2D eigenvalue weighted by Crippen LogP contribution is 2.17. The average molecular weight is 343 g/mol. The molecule has 0 aromatic carbocycles. The van der Waals surface area contributed by atoms with Gasteiger partial charge in [0.05, 0.1) is 37.3 Å². The summed E-state index contributed by atoms with van der Waals surface area (Å²) in [6.45, 7) is 4.10. The van der Waals surface area contributed by atoms with Gasteiger partial charge < -0.3 is 14.8 Å². The van der Waals surface area contributed by atoms with Gasteiger partial charge in [-0.05, 0) is 29.8 Å². The molecule has 0 atom stereocenters. The van der Waals surface area contributed by atoms with Gasteiger partial charge >= 0.3 is 0 Å². The van der Waals surface area contributed by atoms with Crippen molar-refractivity contribution in [2.24, 2.45) is 0 Å². The third kappa shape index (κ3) is 3.07. The molecule has 0 aliphatic carbocycles. The van der Waals surface area contributed by atoms with E-state index < -0.39 is 0 Å². The highest BCUT2D eigenvalue weighted by atomic mass is 79.9. The van der Waals surface area contributed by atoms with E-state index in [0.29, 0.717) is 22.6 Å². The number of aliphatic hydroxyl groups excluding tert-OH is 1. The van der Waals surface area contributed by atoms with Crippen molar-refractivity contribution < 1.29 is 9.52 Å². The van der Waals surface area contributed by atoms with E-state index >= 15 is 0 Å². The number of rotatable bonds is 5. The van der Waals surface area contributed by atoms with Crippen molar-refractivity contribution in [3.8, 4) is 0 Å². The molecular formula is C12H15BrN4O3. The molecule has 2 aromatic rings. The summed E-state index contributed by atoms with van der Waals surface area (Å²) in [5.41, 5.74) is 1.10. The Labute approximate surface area is 123 Å². The number of hydrogen-bond acceptors (Lipinski definition) is 6. The molecule has 20 heavy (non-hydrogen) atoms. The van der Waals surface area contributed by atoms with Crippen LogP contribution in [0.5, 0.6) is 0 Å². The summed E-state index contributed by atoms with van der Waals surface area (Å²) in [4.78, 5) is 16.2. The van der Waals surface area contributed by atoms with E-state index in [-0.39, 0.29) is 18.7 Å². The van der Waals surface area contributed by atoms with Crippen molar-refractivity contribution in [2.75, 3.05) is 11.9 Å². The van der Waals surface area contributed by atoms with Crippen molar-refractivity contribution in [3.63, 3.8) is 0 Å². The molecule has 8 heteroatoms. The highest BCUT2D eigenvalue weighted by molar-refractivity contribution is 9.10. The first-order valence-electron chi connectivity index (χ1n) is 6.06. The fraction of sp³-hybridized carbons (Fsp3) is 0.417. The average Bonchev–Trinajstić information content (AvgIpc) is 2.74. The van der Waals surface area contributed by atoms with Crippen LogP contribution in [0.3, 0.4) is 0 Å². The highest BCUT2D eigenvalue weighted by Gasteiger charge is 2.10. The molecule has 2 heterocycles. The second-order valence-electron chi connectivity index (χ2n) is 4.23. The van der Waals surface area contributed by atoms with Gasteiger partial charge in [0.2, 0.25) is 5.89 Å². The standard InChI is InChI=1S/C12H15BrN4O3/c1-7-8(2)20-10(16-7)6-14-9-5-15-17(3-4-18)12(19)11(9)13/h5,14,18H,3-4,6H2,1-2H3. The Morgan fingerprint density at radius 1 is 1.50 bits per heavy atom. The van der Waals surface area contributed by atoms with Gasteiger partial charge in [0.1, 0.15) is 10.2 Å². The van der Waals surface area contributed by atoms with Crippen LogP contribution in [-0.4, -0.2) is 26.5 Å². The van der Waals surface area contributed by atoms with Gasteiger partial charge in [-0.3, -0.25) is 4.79 Å². The van der Waals surface area contributed by atoms with Crippen molar-refractivity contribution >= 4 is 21.6 Å². The number of nitrogens with zero attached hydrogens (tertiary/aromatic N) is 3. The third-order valence-corrected chi connectivity index (χ3v) is 3.57. The molecule has 108 valence electrons. The van der Waals surface area contributed by atoms with Crippen LogP contribution in [0, 0.1) is 13.8 Å². The normalized spacial score (nSPS) is 10.8. The first-order valence-corrected chi connectivity index (χ1v) is 6.85. The molecule has 2 N–H and O–H groups in total. The van der Waals surface area contributed by atoms with Gasteiger partial charge in [-0.25, -0.2) is 9.67 Å². The van der Waals surface area contributed by atoms with Crippen LogP contribution in [0.15, 0.2) is 19.9 Å². The smallest absolute Gasteiger partial charge is 0.283 e. The summed E-state index contributed by atoms with van der Waals surface area (Å²) in [6, 6.07) is 0. The van der Waals surface area contributed by atoms with Crippen molar-refractivity contribution in [1.29, 1.82) is 0 Å². The van der Waals surface area contributed by atoms with Crippen LogP contribution >= 0.6 is 15.9 Å². The van der Waals surface area contributed by atoms with Gasteiger partial charge in [-0.2, -0.15) is 5.10 Å². The number of aliphatic hydroxyl groups is 1. The molecular weight excluding hydrogens is 328 g/mol. The van der Waals surface area contributed by atoms with Gasteiger partial charge in [0.15, 0.2) is 0 Å². The van der Waals surface area contributed by atoms with E-state index in [1.54, 1.807) is 0 Å². The molecule has 0 fully saturated rings. The molecule has 0 saturated carbocycles. The van der Waals surface area contributed by atoms with Crippen molar-refractivity contribution in [2.45, 2.75) is 26.9 Å². The zero-order valence-corrected chi connectivity index (χ0v) is 12.8. The van der Waals surface area contributed by atoms with E-state index in [2.05, 4.69) is 31.3 Å². The first kappa shape index (κ1) is 14.7. The quantitative estimate of drug-likeness (QED) is 0.848. The zero-order chi connectivity index (χ0) is 14.7. The lowest BCUT2D eigenvalue weighted by Gasteiger charge is -2.08. The van der Waals surface area contributed by atoms with Gasteiger partial charge in [-0.15, -0.1) is 0 Å². The summed E-state index contributed by atoms with van der Waals surface area (Å²) in [6.07, 6.45) is 1.52. The van der Waals surface area contributed by atoms with Crippen LogP contribution in [-0.2, 0) is 13.1 Å². The summed E-state index contributed by atoms with van der Waals surface area (Å²) >= 11 is 3.23. The molecule has 7 nitrogen and oxygen atoms in total. The maximum absolute atomic E-state index is 11.9. The summed E-state index contributed by atoms with van der Waals surface area (Å²) in [7, 11) is 0. The molecule has 0 radical (unpaired) electrons. The number of anilines is 1. The van der Waals surface area contributed by atoms with E-state index in [0.717, 1.165) is 11.5 Å². The van der Waals surface area contributed by atoms with E-state index in [9.17, 15) is 4.79 Å². The number of halogens is 1. The lowest BCUT2D eigenvalue weighted by atomic mass is 10.4. The van der Waals surface area contributed by atoms with E-state index in [4.69, 9.17) is 9.52 Å². The van der Waals surface area contributed by atoms with Gasteiger partial charge in [-0.1, -0.05) is 0 Å². The van der Waals surface area contributed by atoms with Gasteiger partial charge in [0, 0.05) is 0 Å². The number of aryl methyl sites for hydroxylation is 2. The van der Waals surface area contributed by atoms with E-state index in [1.165, 1.54) is 10.9 Å². The molecule has 0 aliphatic heterocycles. The Morgan fingerprint density at radius 3 is 2.85 bits per heavy atom. The third-order valence-electron chi connectivity index (χ3n) is 2.80. The molecule has 0 unspecified atom stereocenters. The fourth-order valence-corrected chi connectivity index (χ4v) is 2.08. The Morgan fingerprint density at radius 2 is 2.25 bits per heavy atom.